The number of hydrogen-bond donors (Lipinski definition) is 0. The Morgan fingerprint density at radius 3 is 2.20 bits per heavy atom. The Kier molecular flexibility index (Phi) is 2.03. The van der Waals surface area contributed by atoms with Crippen molar-refractivity contribution in [3.05, 3.63) is 53.2 Å². The molecule has 0 radical (unpaired) electrons. The van der Waals surface area contributed by atoms with Crippen LogP contribution in [0.5, 0.6) is 0 Å². The largest absolute Gasteiger partial charge is 0.344 e. The van der Waals surface area contributed by atoms with Crippen molar-refractivity contribution < 1.29 is 0 Å². The van der Waals surface area contributed by atoms with Crippen LogP contribution in [0.2, 0.25) is 0 Å². The van der Waals surface area contributed by atoms with Gasteiger partial charge in [-0.2, -0.15) is 0 Å². The van der Waals surface area contributed by atoms with Gasteiger partial charge in [-0.3, -0.25) is 0 Å². The molecule has 0 spiro atoms. The van der Waals surface area contributed by atoms with Gasteiger partial charge in [0, 0.05) is 34.1 Å². The molecule has 0 aliphatic rings. The quantitative estimate of drug-likeness (QED) is 0.289. The molecular weight excluding hydrogens is 344 g/mol. The van der Waals surface area contributed by atoms with Crippen molar-refractivity contribution in [2.45, 2.75) is 0 Å². The minimum Gasteiger partial charge on any atom is -0.344 e. The summed E-state index contributed by atoms with van der Waals surface area (Å²) >= 11 is 3.70. The highest BCUT2D eigenvalue weighted by Gasteiger charge is 2.21. The molecule has 0 aliphatic heterocycles. The fourth-order valence-corrected chi connectivity index (χ4v) is 6.47. The van der Waals surface area contributed by atoms with E-state index in [0.29, 0.717) is 0 Å². The number of aromatic nitrogens is 2. The van der Waals surface area contributed by atoms with E-state index >= 15 is 0 Å². The van der Waals surface area contributed by atoms with Crippen LogP contribution in [0.15, 0.2) is 53.2 Å². The number of hydrogen-bond acceptors (Lipinski definition) is 2. The summed E-state index contributed by atoms with van der Waals surface area (Å²) in [4.78, 5) is 0. The summed E-state index contributed by atoms with van der Waals surface area (Å²) in [5, 5.41) is 9.98. The minimum absolute atomic E-state index is 1.32. The van der Waals surface area contributed by atoms with E-state index in [1.807, 2.05) is 22.7 Å². The van der Waals surface area contributed by atoms with Crippen LogP contribution >= 0.6 is 22.7 Å². The molecule has 0 saturated heterocycles. The first-order valence-electron chi connectivity index (χ1n) is 8.34. The Morgan fingerprint density at radius 1 is 0.680 bits per heavy atom. The topological polar surface area (TPSA) is 9.34 Å². The van der Waals surface area contributed by atoms with Gasteiger partial charge in [-0.05, 0) is 41.1 Å². The zero-order chi connectivity index (χ0) is 16.3. The molecule has 0 atom stereocenters. The molecule has 0 amide bonds. The predicted molar refractivity (Wildman–Crippen MR) is 111 cm³/mol. The van der Waals surface area contributed by atoms with E-state index in [-0.39, 0.29) is 0 Å². The molecule has 0 N–H and O–H groups in total. The van der Waals surface area contributed by atoms with Crippen LogP contribution in [0.25, 0.3) is 58.5 Å². The lowest BCUT2D eigenvalue weighted by Crippen LogP contribution is -1.87. The van der Waals surface area contributed by atoms with Crippen LogP contribution in [0.1, 0.15) is 0 Å². The standard InChI is InChI=1S/C21H12N2S2/c1-22-13-4-2-3-11-17(13)18-14(22)6-5-12-19(18)23(15-7-9-24-20(11)15)16-8-10-25-21(12)16/h2-10H,1H3. The van der Waals surface area contributed by atoms with Crippen molar-refractivity contribution in [2.75, 3.05) is 0 Å². The Morgan fingerprint density at radius 2 is 1.40 bits per heavy atom. The van der Waals surface area contributed by atoms with Gasteiger partial charge in [0.2, 0.25) is 0 Å². The molecule has 2 nitrogen and oxygen atoms in total. The van der Waals surface area contributed by atoms with Crippen LogP contribution in [0, 0.1) is 0 Å². The second-order valence-corrected chi connectivity index (χ2v) is 8.55. The van der Waals surface area contributed by atoms with Gasteiger partial charge in [-0.15, -0.1) is 22.7 Å². The highest BCUT2D eigenvalue weighted by Crippen LogP contribution is 2.45. The molecule has 118 valence electrons. The van der Waals surface area contributed by atoms with E-state index in [0.717, 1.165) is 0 Å². The lowest BCUT2D eigenvalue weighted by molar-refractivity contribution is 1.01. The number of fused-ring (bicyclic) bond motifs is 6. The minimum atomic E-state index is 1.32. The molecule has 0 fully saturated rings. The fraction of sp³-hybridized carbons (Fsp3) is 0.0476. The van der Waals surface area contributed by atoms with E-state index in [1.54, 1.807) is 0 Å². The second kappa shape index (κ2) is 3.98. The maximum atomic E-state index is 2.49. The molecule has 5 heterocycles. The molecule has 0 saturated carbocycles. The summed E-state index contributed by atoms with van der Waals surface area (Å²) in [6, 6.07) is 15.9. The van der Waals surface area contributed by atoms with E-state index in [2.05, 4.69) is 69.2 Å². The van der Waals surface area contributed by atoms with Crippen molar-refractivity contribution >= 4 is 81.2 Å². The van der Waals surface area contributed by atoms with Crippen molar-refractivity contribution in [2.24, 2.45) is 7.05 Å². The molecule has 7 rings (SSSR count). The molecule has 7 aromatic rings. The van der Waals surface area contributed by atoms with Crippen LogP contribution in [-0.2, 0) is 7.05 Å². The number of rotatable bonds is 0. The van der Waals surface area contributed by atoms with Crippen molar-refractivity contribution in [1.29, 1.82) is 0 Å². The number of aryl methyl sites for hydroxylation is 1. The molecular formula is C21H12N2S2. The smallest absolute Gasteiger partial charge is 0.0650 e. The van der Waals surface area contributed by atoms with Gasteiger partial charge >= 0.3 is 0 Å². The van der Waals surface area contributed by atoms with Gasteiger partial charge in [-0.1, -0.05) is 12.1 Å². The van der Waals surface area contributed by atoms with Gasteiger partial charge in [0.05, 0.1) is 31.5 Å². The van der Waals surface area contributed by atoms with Gasteiger partial charge < -0.3 is 8.97 Å². The zero-order valence-corrected chi connectivity index (χ0v) is 15.0. The van der Waals surface area contributed by atoms with Gasteiger partial charge in [0.1, 0.15) is 0 Å². The zero-order valence-electron chi connectivity index (χ0n) is 13.4. The second-order valence-electron chi connectivity index (χ2n) is 6.72. The van der Waals surface area contributed by atoms with Crippen LogP contribution in [0.4, 0.5) is 0 Å². The third kappa shape index (κ3) is 1.25. The first kappa shape index (κ1) is 12.8. The average Bonchev–Trinajstić information content (AvgIpc) is 3.36. The van der Waals surface area contributed by atoms with Crippen molar-refractivity contribution in [3.63, 3.8) is 0 Å². The monoisotopic (exact) mass is 356 g/mol. The van der Waals surface area contributed by atoms with E-state index < -0.39 is 0 Å². The first-order valence-corrected chi connectivity index (χ1v) is 10.1. The summed E-state index contributed by atoms with van der Waals surface area (Å²) in [5.74, 6) is 0. The lowest BCUT2D eigenvalue weighted by atomic mass is 10.1. The van der Waals surface area contributed by atoms with Gasteiger partial charge in [0.25, 0.3) is 0 Å². The average molecular weight is 356 g/mol. The molecule has 5 aromatic heterocycles. The fourth-order valence-electron chi connectivity index (χ4n) is 4.65. The summed E-state index contributed by atoms with van der Waals surface area (Å²) in [6.45, 7) is 0. The summed E-state index contributed by atoms with van der Waals surface area (Å²) < 4.78 is 7.61. The van der Waals surface area contributed by atoms with Gasteiger partial charge in [-0.25, -0.2) is 0 Å². The highest BCUT2D eigenvalue weighted by atomic mass is 32.1. The molecule has 0 bridgehead atoms. The normalized spacial score (nSPS) is 13.0. The lowest BCUT2D eigenvalue weighted by Gasteiger charge is -2.01. The third-order valence-corrected chi connectivity index (χ3v) is 7.53. The highest BCUT2D eigenvalue weighted by molar-refractivity contribution is 7.19. The van der Waals surface area contributed by atoms with Crippen LogP contribution < -0.4 is 0 Å². The molecule has 2 aromatic carbocycles. The Labute approximate surface area is 150 Å². The Hall–Kier alpha value is -2.56. The van der Waals surface area contributed by atoms with E-state index in [1.165, 1.54) is 58.5 Å². The Balaban J connectivity index is 2.10. The Bertz CT molecular complexity index is 1600. The van der Waals surface area contributed by atoms with Crippen LogP contribution in [-0.4, -0.2) is 8.97 Å². The third-order valence-electron chi connectivity index (χ3n) is 5.65. The van der Waals surface area contributed by atoms with E-state index in [4.69, 9.17) is 0 Å². The number of benzene rings is 2. The molecule has 0 aliphatic carbocycles. The predicted octanol–water partition coefficient (Wildman–Crippen LogP) is 6.60. The molecule has 0 unspecified atom stereocenters. The van der Waals surface area contributed by atoms with Crippen LogP contribution in [0.3, 0.4) is 0 Å². The maximum Gasteiger partial charge on any atom is 0.0650 e. The molecule has 4 heteroatoms. The molecule has 25 heavy (non-hydrogen) atoms. The summed E-state index contributed by atoms with van der Waals surface area (Å²) in [7, 11) is 2.19. The van der Waals surface area contributed by atoms with Gasteiger partial charge in [0.15, 0.2) is 0 Å². The van der Waals surface area contributed by atoms with Crippen molar-refractivity contribution in [3.8, 4) is 0 Å². The maximum absolute atomic E-state index is 2.49. The number of nitrogens with zero attached hydrogens (tertiary/aromatic N) is 2. The SMILES string of the molecule is Cn1c2cccc3c4sccc4n4c5ccsc5c5ccc1c(c32)c54. The summed E-state index contributed by atoms with van der Waals surface area (Å²) in [5.41, 5.74) is 6.66. The summed E-state index contributed by atoms with van der Waals surface area (Å²) in [6.07, 6.45) is 0. The van der Waals surface area contributed by atoms with Crippen molar-refractivity contribution in [1.82, 2.24) is 8.97 Å². The number of thiophene rings is 2. The first-order chi connectivity index (χ1) is 12.3. The van der Waals surface area contributed by atoms with E-state index in [9.17, 15) is 0 Å².